The van der Waals surface area contributed by atoms with Crippen molar-refractivity contribution in [3.05, 3.63) is 112 Å². The Morgan fingerprint density at radius 2 is 1.34 bits per heavy atom. The molecule has 3 aromatic carbocycles. The molecule has 1 aliphatic rings. The zero-order valence-corrected chi connectivity index (χ0v) is 18.4. The van der Waals surface area contributed by atoms with Gasteiger partial charge in [0.05, 0.1) is 18.3 Å². The Labute approximate surface area is 189 Å². The minimum absolute atomic E-state index is 0.000658. The van der Waals surface area contributed by atoms with Crippen molar-refractivity contribution in [3.8, 4) is 0 Å². The maximum absolute atomic E-state index is 12.9. The number of nitrogens with one attached hydrogen (secondary N) is 1. The molecule has 2 N–H and O–H groups in total. The van der Waals surface area contributed by atoms with Gasteiger partial charge in [0.15, 0.2) is 0 Å². The van der Waals surface area contributed by atoms with Crippen LogP contribution in [0.1, 0.15) is 22.7 Å². The Balaban J connectivity index is 1.47. The molecule has 1 fully saturated rings. The molecule has 0 bridgehead atoms. The van der Waals surface area contributed by atoms with Crippen LogP contribution in [0, 0.1) is 0 Å². The molecular formula is C27H31N3O2. The van der Waals surface area contributed by atoms with E-state index in [1.165, 1.54) is 11.1 Å². The monoisotopic (exact) mass is 429 g/mol. The van der Waals surface area contributed by atoms with Crippen molar-refractivity contribution >= 4 is 5.69 Å². The number of aliphatic hydroxyl groups excluding tert-OH is 1. The Morgan fingerprint density at radius 1 is 0.781 bits per heavy atom. The summed E-state index contributed by atoms with van der Waals surface area (Å²) in [5.74, 6) is 0. The Hall–Kier alpha value is -2.99. The number of aliphatic hydroxyl groups is 1. The molecule has 0 aliphatic carbocycles. The molecule has 0 atom stereocenters. The molecule has 3 aromatic rings. The van der Waals surface area contributed by atoms with E-state index < -0.39 is 0 Å². The van der Waals surface area contributed by atoms with Crippen molar-refractivity contribution in [2.24, 2.45) is 0 Å². The highest BCUT2D eigenvalue weighted by atomic mass is 16.3. The van der Waals surface area contributed by atoms with Crippen LogP contribution < -0.4 is 10.7 Å². The van der Waals surface area contributed by atoms with Crippen LogP contribution in [0.15, 0.2) is 89.7 Å². The molecule has 0 amide bonds. The first-order valence-electron chi connectivity index (χ1n) is 11.3. The minimum atomic E-state index is -0.000658. The molecule has 0 spiro atoms. The van der Waals surface area contributed by atoms with Crippen LogP contribution in [0.3, 0.4) is 0 Å². The molecule has 5 nitrogen and oxygen atoms in total. The lowest BCUT2D eigenvalue weighted by Gasteiger charge is -2.39. The number of benzene rings is 2. The van der Waals surface area contributed by atoms with Crippen molar-refractivity contribution < 1.29 is 5.11 Å². The lowest BCUT2D eigenvalue weighted by Crippen LogP contribution is -2.47. The van der Waals surface area contributed by atoms with Crippen molar-refractivity contribution in [3.63, 3.8) is 0 Å². The molecular weight excluding hydrogens is 398 g/mol. The van der Waals surface area contributed by atoms with E-state index in [0.717, 1.165) is 31.7 Å². The van der Waals surface area contributed by atoms with Gasteiger partial charge in [-0.1, -0.05) is 78.9 Å². The fourth-order valence-electron chi connectivity index (χ4n) is 4.41. The van der Waals surface area contributed by atoms with Crippen LogP contribution in [0.4, 0.5) is 5.69 Å². The van der Waals surface area contributed by atoms with Gasteiger partial charge >= 0.3 is 0 Å². The van der Waals surface area contributed by atoms with Gasteiger partial charge in [-0.3, -0.25) is 14.6 Å². The lowest BCUT2D eigenvalue weighted by atomic mass is 9.96. The van der Waals surface area contributed by atoms with Crippen molar-refractivity contribution in [2.45, 2.75) is 12.6 Å². The van der Waals surface area contributed by atoms with Gasteiger partial charge in [-0.05, 0) is 17.2 Å². The fraction of sp³-hybridized carbons (Fsp3) is 0.296. The SMILES string of the molecule is O=c1c(CN2CCN(C(c3ccccc3)c3ccccc3)CC2)ccccc1NCCO. The molecule has 0 unspecified atom stereocenters. The van der Waals surface area contributed by atoms with E-state index in [1.807, 2.05) is 18.2 Å². The average Bonchev–Trinajstić information content (AvgIpc) is 3.01. The zero-order valence-electron chi connectivity index (χ0n) is 18.4. The maximum Gasteiger partial charge on any atom is 0.206 e. The predicted molar refractivity (Wildman–Crippen MR) is 130 cm³/mol. The topological polar surface area (TPSA) is 55.8 Å². The molecule has 4 rings (SSSR count). The van der Waals surface area contributed by atoms with Gasteiger partial charge in [0, 0.05) is 44.8 Å². The van der Waals surface area contributed by atoms with Crippen LogP contribution in [-0.4, -0.2) is 54.2 Å². The number of anilines is 1. The number of hydrogen-bond acceptors (Lipinski definition) is 5. The van der Waals surface area contributed by atoms with Crippen LogP contribution in [0.2, 0.25) is 0 Å². The molecule has 1 heterocycles. The Bertz CT molecular complexity index is 996. The summed E-state index contributed by atoms with van der Waals surface area (Å²) in [7, 11) is 0. The molecule has 32 heavy (non-hydrogen) atoms. The van der Waals surface area contributed by atoms with Gasteiger partial charge in [-0.15, -0.1) is 0 Å². The third-order valence-electron chi connectivity index (χ3n) is 6.03. The second-order valence-corrected chi connectivity index (χ2v) is 8.17. The van der Waals surface area contributed by atoms with Crippen molar-refractivity contribution in [1.29, 1.82) is 0 Å². The summed E-state index contributed by atoms with van der Waals surface area (Å²) in [6.45, 7) is 4.71. The Morgan fingerprint density at radius 3 is 1.94 bits per heavy atom. The normalized spacial score (nSPS) is 15.1. The highest BCUT2D eigenvalue weighted by Gasteiger charge is 2.26. The second-order valence-electron chi connectivity index (χ2n) is 8.17. The highest BCUT2D eigenvalue weighted by molar-refractivity contribution is 5.44. The lowest BCUT2D eigenvalue weighted by molar-refractivity contribution is 0.104. The van der Waals surface area contributed by atoms with Crippen LogP contribution in [0.25, 0.3) is 0 Å². The first kappa shape index (κ1) is 22.2. The summed E-state index contributed by atoms with van der Waals surface area (Å²) < 4.78 is 0. The smallest absolute Gasteiger partial charge is 0.206 e. The Kier molecular flexibility index (Phi) is 7.67. The summed E-state index contributed by atoms with van der Waals surface area (Å²) in [5.41, 5.74) is 3.96. The quantitative estimate of drug-likeness (QED) is 0.575. The van der Waals surface area contributed by atoms with Gasteiger partial charge in [-0.2, -0.15) is 0 Å². The van der Waals surface area contributed by atoms with Crippen molar-refractivity contribution in [1.82, 2.24) is 9.80 Å². The van der Waals surface area contributed by atoms with E-state index in [0.29, 0.717) is 18.8 Å². The van der Waals surface area contributed by atoms with E-state index in [4.69, 9.17) is 5.11 Å². The first-order chi connectivity index (χ1) is 15.8. The van der Waals surface area contributed by atoms with Gasteiger partial charge < -0.3 is 10.4 Å². The zero-order chi connectivity index (χ0) is 22.2. The van der Waals surface area contributed by atoms with E-state index in [-0.39, 0.29) is 18.1 Å². The molecule has 0 saturated carbocycles. The van der Waals surface area contributed by atoms with E-state index >= 15 is 0 Å². The maximum atomic E-state index is 12.9. The highest BCUT2D eigenvalue weighted by Crippen LogP contribution is 2.29. The summed E-state index contributed by atoms with van der Waals surface area (Å²) in [4.78, 5) is 17.8. The third kappa shape index (κ3) is 5.43. The van der Waals surface area contributed by atoms with Gasteiger partial charge in [0.1, 0.15) is 0 Å². The second kappa shape index (κ2) is 11.0. The van der Waals surface area contributed by atoms with E-state index in [2.05, 4.69) is 75.8 Å². The third-order valence-corrected chi connectivity index (χ3v) is 6.03. The first-order valence-corrected chi connectivity index (χ1v) is 11.3. The molecule has 0 aromatic heterocycles. The molecule has 166 valence electrons. The van der Waals surface area contributed by atoms with Crippen molar-refractivity contribution in [2.75, 3.05) is 44.6 Å². The number of hydrogen-bond donors (Lipinski definition) is 2. The number of rotatable bonds is 8. The summed E-state index contributed by atoms with van der Waals surface area (Å²) in [5, 5.41) is 12.1. The fourth-order valence-corrected chi connectivity index (χ4v) is 4.41. The molecule has 5 heteroatoms. The van der Waals surface area contributed by atoms with Crippen LogP contribution in [-0.2, 0) is 6.54 Å². The average molecular weight is 430 g/mol. The number of piperazine rings is 1. The summed E-state index contributed by atoms with van der Waals surface area (Å²) in [6, 6.07) is 29.1. The molecule has 1 aliphatic heterocycles. The molecule has 0 radical (unpaired) electrons. The van der Waals surface area contributed by atoms with Gasteiger partial charge in [-0.25, -0.2) is 0 Å². The van der Waals surface area contributed by atoms with Gasteiger partial charge in [0.25, 0.3) is 0 Å². The minimum Gasteiger partial charge on any atom is -0.395 e. The standard InChI is InChI=1S/C27H31N3O2/c31-20-15-28-25-14-8-7-13-24(27(25)32)21-29-16-18-30(19-17-29)26(22-9-3-1-4-10-22)23-11-5-2-6-12-23/h1-14,26,31H,15-21H2,(H,28,32). The van der Waals surface area contributed by atoms with Gasteiger partial charge in [0.2, 0.25) is 5.43 Å². The van der Waals surface area contributed by atoms with Crippen LogP contribution in [0.5, 0.6) is 0 Å². The van der Waals surface area contributed by atoms with Crippen LogP contribution >= 0.6 is 0 Å². The predicted octanol–water partition coefficient (Wildman–Crippen LogP) is 3.36. The van der Waals surface area contributed by atoms with E-state index in [9.17, 15) is 4.79 Å². The summed E-state index contributed by atoms with van der Waals surface area (Å²) in [6.07, 6.45) is 0. The number of nitrogens with zero attached hydrogens (tertiary/aromatic N) is 2. The largest absolute Gasteiger partial charge is 0.395 e. The summed E-state index contributed by atoms with van der Waals surface area (Å²) >= 11 is 0. The molecule has 1 saturated heterocycles. The van der Waals surface area contributed by atoms with E-state index in [1.54, 1.807) is 6.07 Å².